The van der Waals surface area contributed by atoms with Crippen molar-refractivity contribution in [3.8, 4) is 0 Å². The van der Waals surface area contributed by atoms with E-state index < -0.39 is 12.1 Å². The monoisotopic (exact) mass is 604 g/mol. The van der Waals surface area contributed by atoms with E-state index in [9.17, 15) is 19.8 Å². The first-order valence-electron chi connectivity index (χ1n) is 18.2. The molecule has 2 atom stereocenters. The zero-order valence-corrected chi connectivity index (χ0v) is 28.2. The van der Waals surface area contributed by atoms with Crippen molar-refractivity contribution in [2.75, 3.05) is 6.61 Å². The van der Waals surface area contributed by atoms with Gasteiger partial charge in [-0.1, -0.05) is 153 Å². The van der Waals surface area contributed by atoms with Crippen molar-refractivity contribution >= 4 is 11.7 Å². The highest BCUT2D eigenvalue weighted by Gasteiger charge is 2.17. The number of hydrogen-bond donors (Lipinski definition) is 3. The number of carbonyl (C=O) groups excluding carboxylic acids is 2. The second-order valence-electron chi connectivity index (χ2n) is 12.3. The third-order valence-corrected chi connectivity index (χ3v) is 8.09. The maximum Gasteiger partial charge on any atom is 0.220 e. The molecule has 1 amide bonds. The SMILES string of the molecule is CCCCC/C=C\C=C\C(=O)CCCCCCCC(=O)N[C@@H](CO)[C@H](O)/C=C/CCCCCCCCCCCCCCC. The summed E-state index contributed by atoms with van der Waals surface area (Å²) in [6.45, 7) is 4.18. The number of unbranched alkanes of at least 4 members (excludes halogenated alkanes) is 20. The molecule has 0 fully saturated rings. The van der Waals surface area contributed by atoms with Gasteiger partial charge in [0.15, 0.2) is 5.78 Å². The Bertz CT molecular complexity index is 715. The van der Waals surface area contributed by atoms with Crippen LogP contribution < -0.4 is 5.32 Å². The van der Waals surface area contributed by atoms with Crippen LogP contribution in [-0.4, -0.2) is 40.7 Å². The molecule has 0 aromatic rings. The van der Waals surface area contributed by atoms with Gasteiger partial charge in [-0.25, -0.2) is 0 Å². The Labute approximate surface area is 266 Å². The van der Waals surface area contributed by atoms with Crippen LogP contribution in [-0.2, 0) is 9.59 Å². The fourth-order valence-electron chi connectivity index (χ4n) is 5.22. The minimum atomic E-state index is -0.876. The van der Waals surface area contributed by atoms with Gasteiger partial charge >= 0.3 is 0 Å². The zero-order chi connectivity index (χ0) is 31.6. The predicted octanol–water partition coefficient (Wildman–Crippen LogP) is 9.85. The smallest absolute Gasteiger partial charge is 0.220 e. The Balaban J connectivity index is 3.75. The number of ketones is 1. The van der Waals surface area contributed by atoms with E-state index in [-0.39, 0.29) is 18.3 Å². The average Bonchev–Trinajstić information content (AvgIpc) is 3.00. The maximum absolute atomic E-state index is 12.3. The van der Waals surface area contributed by atoms with Crippen LogP contribution in [0.15, 0.2) is 36.5 Å². The Morgan fingerprint density at radius 3 is 1.65 bits per heavy atom. The second kappa shape index (κ2) is 33.2. The number of nitrogens with one attached hydrogen (secondary N) is 1. The van der Waals surface area contributed by atoms with Crippen LogP contribution in [0.5, 0.6) is 0 Å². The largest absolute Gasteiger partial charge is 0.394 e. The fraction of sp³-hybridized carbons (Fsp3) is 0.789. The molecule has 5 heteroatoms. The normalized spacial score (nSPS) is 13.4. The van der Waals surface area contributed by atoms with E-state index in [1.807, 2.05) is 18.2 Å². The highest BCUT2D eigenvalue weighted by Crippen LogP contribution is 2.13. The van der Waals surface area contributed by atoms with Crippen molar-refractivity contribution in [1.82, 2.24) is 5.32 Å². The van der Waals surface area contributed by atoms with Gasteiger partial charge in [0.05, 0.1) is 18.8 Å². The van der Waals surface area contributed by atoms with Crippen LogP contribution >= 0.6 is 0 Å². The van der Waals surface area contributed by atoms with E-state index in [4.69, 9.17) is 0 Å². The predicted molar refractivity (Wildman–Crippen MR) is 184 cm³/mol. The Morgan fingerprint density at radius 1 is 0.605 bits per heavy atom. The summed E-state index contributed by atoms with van der Waals surface area (Å²) in [7, 11) is 0. The van der Waals surface area contributed by atoms with Crippen LogP contribution in [0.2, 0.25) is 0 Å². The molecule has 0 unspecified atom stereocenters. The third-order valence-electron chi connectivity index (χ3n) is 8.09. The lowest BCUT2D eigenvalue weighted by Gasteiger charge is -2.20. The van der Waals surface area contributed by atoms with Gasteiger partial charge < -0.3 is 15.5 Å². The molecule has 0 bridgehead atoms. The summed E-state index contributed by atoms with van der Waals surface area (Å²) in [5.74, 6) is 0.0376. The number of amides is 1. The van der Waals surface area contributed by atoms with Crippen molar-refractivity contribution < 1.29 is 19.8 Å². The molecule has 250 valence electrons. The van der Waals surface area contributed by atoms with Crippen molar-refractivity contribution in [3.63, 3.8) is 0 Å². The zero-order valence-electron chi connectivity index (χ0n) is 28.2. The average molecular weight is 604 g/mol. The lowest BCUT2D eigenvalue weighted by Crippen LogP contribution is -2.45. The van der Waals surface area contributed by atoms with Crippen molar-refractivity contribution in [2.45, 2.75) is 187 Å². The summed E-state index contributed by atoms with van der Waals surface area (Å²) < 4.78 is 0. The summed E-state index contributed by atoms with van der Waals surface area (Å²) >= 11 is 0. The summed E-state index contributed by atoms with van der Waals surface area (Å²) in [5.41, 5.74) is 0. The first kappa shape index (κ1) is 41.3. The molecule has 0 aliphatic carbocycles. The van der Waals surface area contributed by atoms with Crippen molar-refractivity contribution in [2.24, 2.45) is 0 Å². The molecule has 0 saturated heterocycles. The number of aliphatic hydroxyl groups excluding tert-OH is 2. The van der Waals surface area contributed by atoms with Gasteiger partial charge in [-0.05, 0) is 44.6 Å². The number of aliphatic hydroxyl groups is 2. The van der Waals surface area contributed by atoms with E-state index in [0.29, 0.717) is 12.8 Å². The van der Waals surface area contributed by atoms with Gasteiger partial charge in [-0.15, -0.1) is 0 Å². The molecule has 0 aliphatic heterocycles. The number of hydrogen-bond acceptors (Lipinski definition) is 4. The van der Waals surface area contributed by atoms with Gasteiger partial charge in [0.1, 0.15) is 0 Å². The lowest BCUT2D eigenvalue weighted by atomic mass is 10.0. The molecule has 0 rings (SSSR count). The molecule has 0 spiro atoms. The van der Waals surface area contributed by atoms with Crippen LogP contribution in [0.25, 0.3) is 0 Å². The first-order chi connectivity index (χ1) is 21.0. The summed E-state index contributed by atoms with van der Waals surface area (Å²) in [4.78, 5) is 24.2. The summed E-state index contributed by atoms with van der Waals surface area (Å²) in [5, 5.41) is 22.8. The van der Waals surface area contributed by atoms with Crippen LogP contribution in [0.3, 0.4) is 0 Å². The molecule has 5 nitrogen and oxygen atoms in total. The first-order valence-corrected chi connectivity index (χ1v) is 18.2. The highest BCUT2D eigenvalue weighted by molar-refractivity contribution is 5.89. The molecular weight excluding hydrogens is 534 g/mol. The molecule has 0 aliphatic rings. The Morgan fingerprint density at radius 2 is 1.07 bits per heavy atom. The van der Waals surface area contributed by atoms with Crippen LogP contribution in [0, 0.1) is 0 Å². The van der Waals surface area contributed by atoms with E-state index in [2.05, 4.69) is 25.2 Å². The molecule has 0 aromatic carbocycles. The maximum atomic E-state index is 12.3. The standard InChI is InChI=1S/C38H69NO4/c1-3-5-7-9-11-12-13-14-15-16-17-18-20-24-28-32-37(42)36(34-40)39-38(43)33-29-25-21-23-27-31-35(41)30-26-22-19-10-8-6-4-2/h19,22,26,28,30,32,36-37,40,42H,3-18,20-21,23-25,27,29,31,33-34H2,1-2H3,(H,39,43)/b22-19-,30-26+,32-28+/t36-,37+/m0/s1. The van der Waals surface area contributed by atoms with Crippen molar-refractivity contribution in [1.29, 1.82) is 0 Å². The topological polar surface area (TPSA) is 86.6 Å². The van der Waals surface area contributed by atoms with Crippen LogP contribution in [0.4, 0.5) is 0 Å². The number of carbonyl (C=O) groups is 2. The molecule has 0 radical (unpaired) electrons. The van der Waals surface area contributed by atoms with Crippen molar-refractivity contribution in [3.05, 3.63) is 36.5 Å². The summed E-state index contributed by atoms with van der Waals surface area (Å²) in [6, 6.07) is -0.666. The lowest BCUT2D eigenvalue weighted by molar-refractivity contribution is -0.123. The number of allylic oxidation sites excluding steroid dienone is 5. The van der Waals surface area contributed by atoms with E-state index >= 15 is 0 Å². The van der Waals surface area contributed by atoms with Gasteiger partial charge in [-0.2, -0.15) is 0 Å². The molecule has 0 heterocycles. The fourth-order valence-corrected chi connectivity index (χ4v) is 5.22. The highest BCUT2D eigenvalue weighted by atomic mass is 16.3. The minimum Gasteiger partial charge on any atom is -0.394 e. The molecule has 3 N–H and O–H groups in total. The van der Waals surface area contributed by atoms with Gasteiger partial charge in [0.2, 0.25) is 5.91 Å². The van der Waals surface area contributed by atoms with E-state index in [1.165, 1.54) is 96.3 Å². The molecule has 0 saturated carbocycles. The van der Waals surface area contributed by atoms with Gasteiger partial charge in [0, 0.05) is 12.8 Å². The van der Waals surface area contributed by atoms with Gasteiger partial charge in [0.25, 0.3) is 0 Å². The van der Waals surface area contributed by atoms with Crippen LogP contribution in [0.1, 0.15) is 174 Å². The molecular formula is C38H69NO4. The van der Waals surface area contributed by atoms with E-state index in [0.717, 1.165) is 51.4 Å². The second-order valence-corrected chi connectivity index (χ2v) is 12.3. The van der Waals surface area contributed by atoms with E-state index in [1.54, 1.807) is 12.2 Å². The summed E-state index contributed by atoms with van der Waals surface area (Å²) in [6.07, 6.45) is 38.9. The third kappa shape index (κ3) is 30.1. The Hall–Kier alpha value is -1.72. The molecule has 43 heavy (non-hydrogen) atoms. The Kier molecular flexibility index (Phi) is 31.9. The number of rotatable bonds is 32. The minimum absolute atomic E-state index is 0.133. The quantitative estimate of drug-likeness (QED) is 0.0309. The molecule has 0 aromatic heterocycles. The van der Waals surface area contributed by atoms with Gasteiger partial charge in [-0.3, -0.25) is 9.59 Å².